The zero-order chi connectivity index (χ0) is 16.9. The molecular formula is C16H19N3O3S. The van der Waals surface area contributed by atoms with E-state index in [2.05, 4.69) is 10.3 Å². The van der Waals surface area contributed by atoms with Crippen molar-refractivity contribution in [1.29, 1.82) is 0 Å². The first-order valence-electron chi connectivity index (χ1n) is 7.07. The van der Waals surface area contributed by atoms with Gasteiger partial charge in [0.25, 0.3) is 5.91 Å². The summed E-state index contributed by atoms with van der Waals surface area (Å²) in [5.41, 5.74) is 7.43. The zero-order valence-corrected chi connectivity index (χ0v) is 13.9. The topological polar surface area (TPSA) is 94.3 Å². The number of hydrogen-bond donors (Lipinski definition) is 2. The maximum absolute atomic E-state index is 12.3. The van der Waals surface area contributed by atoms with E-state index in [4.69, 9.17) is 10.5 Å². The number of aromatic nitrogens is 1. The molecule has 122 valence electrons. The fourth-order valence-electron chi connectivity index (χ4n) is 1.72. The Morgan fingerprint density at radius 1 is 1.35 bits per heavy atom. The van der Waals surface area contributed by atoms with E-state index in [-0.39, 0.29) is 12.5 Å². The molecule has 0 unspecified atom stereocenters. The van der Waals surface area contributed by atoms with Crippen LogP contribution in [0, 0.1) is 5.41 Å². The molecule has 2 rings (SSSR count). The summed E-state index contributed by atoms with van der Waals surface area (Å²) >= 11 is 1.48. The number of carbonyl (C=O) groups is 2. The number of nitrogens with zero attached hydrogens (tertiary/aromatic N) is 1. The molecule has 2 amide bonds. The Bertz CT molecular complexity index is 684. The van der Waals surface area contributed by atoms with Crippen molar-refractivity contribution in [1.82, 2.24) is 10.3 Å². The first-order valence-corrected chi connectivity index (χ1v) is 8.01. The molecule has 0 aliphatic heterocycles. The van der Waals surface area contributed by atoms with E-state index in [9.17, 15) is 9.59 Å². The molecule has 1 heterocycles. The summed E-state index contributed by atoms with van der Waals surface area (Å²) in [6.07, 6.45) is 0. The third-order valence-electron chi connectivity index (χ3n) is 3.35. The summed E-state index contributed by atoms with van der Waals surface area (Å²) in [6, 6.07) is 6.94. The first kappa shape index (κ1) is 17.0. The molecule has 1 aromatic carbocycles. The molecule has 0 saturated heterocycles. The smallest absolute Gasteiger partial charge is 0.255 e. The SMILES string of the molecule is CC(C)(CNC(=O)c1ccccc1OCc1cscn1)C(N)=O. The number of amides is 2. The lowest BCUT2D eigenvalue weighted by molar-refractivity contribution is -0.125. The Hall–Kier alpha value is -2.41. The van der Waals surface area contributed by atoms with Crippen LogP contribution in [0.3, 0.4) is 0 Å². The van der Waals surface area contributed by atoms with E-state index >= 15 is 0 Å². The van der Waals surface area contributed by atoms with Gasteiger partial charge in [0.2, 0.25) is 5.91 Å². The van der Waals surface area contributed by atoms with E-state index in [0.717, 1.165) is 5.69 Å². The molecule has 0 aliphatic rings. The summed E-state index contributed by atoms with van der Waals surface area (Å²) < 4.78 is 5.67. The Morgan fingerprint density at radius 3 is 2.74 bits per heavy atom. The number of hydrogen-bond acceptors (Lipinski definition) is 5. The third-order valence-corrected chi connectivity index (χ3v) is 3.98. The minimum absolute atomic E-state index is 0.154. The average Bonchev–Trinajstić information content (AvgIpc) is 3.04. The van der Waals surface area contributed by atoms with E-state index in [1.165, 1.54) is 11.3 Å². The number of thiazole rings is 1. The van der Waals surface area contributed by atoms with Crippen LogP contribution in [0.4, 0.5) is 0 Å². The van der Waals surface area contributed by atoms with Gasteiger partial charge in [-0.3, -0.25) is 9.59 Å². The highest BCUT2D eigenvalue weighted by Crippen LogP contribution is 2.20. The number of rotatable bonds is 7. The molecule has 0 radical (unpaired) electrons. The van der Waals surface area contributed by atoms with Crippen molar-refractivity contribution in [3.05, 3.63) is 46.4 Å². The van der Waals surface area contributed by atoms with Gasteiger partial charge in [0.15, 0.2) is 0 Å². The Labute approximate surface area is 138 Å². The number of carbonyl (C=O) groups excluding carboxylic acids is 2. The van der Waals surface area contributed by atoms with Gasteiger partial charge in [0.05, 0.1) is 22.2 Å². The Balaban J connectivity index is 2.04. The molecule has 1 aromatic heterocycles. The van der Waals surface area contributed by atoms with Gasteiger partial charge in [-0.2, -0.15) is 0 Å². The second-order valence-electron chi connectivity index (χ2n) is 5.70. The largest absolute Gasteiger partial charge is 0.486 e. The van der Waals surface area contributed by atoms with Crippen LogP contribution >= 0.6 is 11.3 Å². The molecule has 0 aliphatic carbocycles. The molecule has 23 heavy (non-hydrogen) atoms. The molecule has 0 fully saturated rings. The highest BCUT2D eigenvalue weighted by molar-refractivity contribution is 7.07. The molecule has 2 aromatic rings. The van der Waals surface area contributed by atoms with E-state index in [0.29, 0.717) is 17.9 Å². The van der Waals surface area contributed by atoms with Crippen LogP contribution < -0.4 is 15.8 Å². The van der Waals surface area contributed by atoms with Gasteiger partial charge in [0, 0.05) is 11.9 Å². The van der Waals surface area contributed by atoms with E-state index < -0.39 is 11.3 Å². The van der Waals surface area contributed by atoms with Crippen LogP contribution in [0.25, 0.3) is 0 Å². The highest BCUT2D eigenvalue weighted by atomic mass is 32.1. The van der Waals surface area contributed by atoms with Gasteiger partial charge >= 0.3 is 0 Å². The van der Waals surface area contributed by atoms with Crippen molar-refractivity contribution < 1.29 is 14.3 Å². The summed E-state index contributed by atoms with van der Waals surface area (Å²) in [4.78, 5) is 27.8. The standard InChI is InChI=1S/C16H19N3O3S/c1-16(2,15(17)21)9-18-14(20)12-5-3-4-6-13(12)22-7-11-8-23-10-19-11/h3-6,8,10H,7,9H2,1-2H3,(H2,17,21)(H,18,20). The van der Waals surface area contributed by atoms with Crippen LogP contribution in [0.2, 0.25) is 0 Å². The van der Waals surface area contributed by atoms with Gasteiger partial charge in [-0.05, 0) is 26.0 Å². The van der Waals surface area contributed by atoms with Crippen LogP contribution in [-0.4, -0.2) is 23.3 Å². The molecule has 7 heteroatoms. The van der Waals surface area contributed by atoms with Crippen molar-refractivity contribution in [2.24, 2.45) is 11.1 Å². The van der Waals surface area contributed by atoms with Gasteiger partial charge < -0.3 is 15.8 Å². The molecular weight excluding hydrogens is 314 g/mol. The van der Waals surface area contributed by atoms with E-state index in [1.54, 1.807) is 43.6 Å². The molecule has 0 saturated carbocycles. The quantitative estimate of drug-likeness (QED) is 0.810. The van der Waals surface area contributed by atoms with Gasteiger partial charge in [-0.15, -0.1) is 11.3 Å². The number of nitrogens with one attached hydrogen (secondary N) is 1. The second-order valence-corrected chi connectivity index (χ2v) is 6.41. The maximum atomic E-state index is 12.3. The predicted molar refractivity (Wildman–Crippen MR) is 88.2 cm³/mol. The maximum Gasteiger partial charge on any atom is 0.255 e. The molecule has 3 N–H and O–H groups in total. The van der Waals surface area contributed by atoms with Gasteiger partial charge in [-0.25, -0.2) is 4.98 Å². The van der Waals surface area contributed by atoms with Crippen molar-refractivity contribution >= 4 is 23.2 Å². The van der Waals surface area contributed by atoms with Crippen molar-refractivity contribution in [2.45, 2.75) is 20.5 Å². The lowest BCUT2D eigenvalue weighted by Gasteiger charge is -2.21. The predicted octanol–water partition coefficient (Wildman–Crippen LogP) is 1.96. The molecule has 6 nitrogen and oxygen atoms in total. The minimum Gasteiger partial charge on any atom is -0.486 e. The monoisotopic (exact) mass is 333 g/mol. The number of ether oxygens (including phenoxy) is 1. The normalized spacial score (nSPS) is 11.0. The molecule has 0 bridgehead atoms. The zero-order valence-electron chi connectivity index (χ0n) is 13.0. The lowest BCUT2D eigenvalue weighted by Crippen LogP contribution is -2.42. The fourth-order valence-corrected chi connectivity index (χ4v) is 2.27. The Kier molecular flexibility index (Phi) is 5.33. The van der Waals surface area contributed by atoms with Crippen molar-refractivity contribution in [3.8, 4) is 5.75 Å². The van der Waals surface area contributed by atoms with E-state index in [1.807, 2.05) is 5.38 Å². The van der Waals surface area contributed by atoms with Gasteiger partial charge in [-0.1, -0.05) is 12.1 Å². The lowest BCUT2D eigenvalue weighted by atomic mass is 9.92. The number of nitrogens with two attached hydrogens (primary N) is 1. The van der Waals surface area contributed by atoms with Crippen LogP contribution in [0.15, 0.2) is 35.2 Å². The van der Waals surface area contributed by atoms with Crippen LogP contribution in [0.1, 0.15) is 29.9 Å². The minimum atomic E-state index is -0.813. The Morgan fingerprint density at radius 2 is 2.09 bits per heavy atom. The second kappa shape index (κ2) is 7.23. The van der Waals surface area contributed by atoms with Crippen molar-refractivity contribution in [3.63, 3.8) is 0 Å². The fraction of sp³-hybridized carbons (Fsp3) is 0.312. The molecule has 0 spiro atoms. The van der Waals surface area contributed by atoms with Crippen LogP contribution in [-0.2, 0) is 11.4 Å². The first-order chi connectivity index (χ1) is 10.9. The summed E-state index contributed by atoms with van der Waals surface area (Å²) in [5, 5.41) is 4.61. The third kappa shape index (κ3) is 4.53. The highest BCUT2D eigenvalue weighted by Gasteiger charge is 2.26. The van der Waals surface area contributed by atoms with Crippen LogP contribution in [0.5, 0.6) is 5.75 Å². The summed E-state index contributed by atoms with van der Waals surface area (Å²) in [5.74, 6) is -0.311. The molecule has 0 atom stereocenters. The number of benzene rings is 1. The number of para-hydroxylation sites is 1. The van der Waals surface area contributed by atoms with Crippen molar-refractivity contribution in [2.75, 3.05) is 6.54 Å². The average molecular weight is 333 g/mol. The summed E-state index contributed by atoms with van der Waals surface area (Å²) in [6.45, 7) is 3.81. The summed E-state index contributed by atoms with van der Waals surface area (Å²) in [7, 11) is 0. The van der Waals surface area contributed by atoms with Gasteiger partial charge in [0.1, 0.15) is 12.4 Å². The number of primary amides is 1.